The largest absolute Gasteiger partial charge is 0.479 e. The molecule has 17 heavy (non-hydrogen) atoms. The predicted octanol–water partition coefficient (Wildman–Crippen LogP) is 2.22. The van der Waals surface area contributed by atoms with Gasteiger partial charge in [0.05, 0.1) is 0 Å². The maximum Gasteiger partial charge on any atom is 0.335 e. The van der Waals surface area contributed by atoms with E-state index in [0.717, 1.165) is 16.3 Å². The van der Waals surface area contributed by atoms with Crippen molar-refractivity contribution in [3.8, 4) is 0 Å². The van der Waals surface area contributed by atoms with Gasteiger partial charge in [0.15, 0.2) is 5.60 Å². The Hall–Kier alpha value is -1.87. The van der Waals surface area contributed by atoms with E-state index in [1.165, 1.54) is 6.92 Å². The van der Waals surface area contributed by atoms with Crippen molar-refractivity contribution >= 4 is 16.7 Å². The van der Waals surface area contributed by atoms with Crippen molar-refractivity contribution in [3.05, 3.63) is 48.0 Å². The van der Waals surface area contributed by atoms with Crippen molar-refractivity contribution < 1.29 is 15.0 Å². The molecule has 0 saturated heterocycles. The van der Waals surface area contributed by atoms with Gasteiger partial charge in [-0.1, -0.05) is 42.5 Å². The molecule has 2 N–H and O–H groups in total. The van der Waals surface area contributed by atoms with E-state index in [9.17, 15) is 9.90 Å². The lowest BCUT2D eigenvalue weighted by atomic mass is 9.93. The molecule has 3 heteroatoms. The molecule has 0 aromatic heterocycles. The highest BCUT2D eigenvalue weighted by atomic mass is 16.4. The number of carbonyl (C=O) groups is 1. The van der Waals surface area contributed by atoms with Crippen LogP contribution in [0.2, 0.25) is 0 Å². The average Bonchev–Trinajstić information content (AvgIpc) is 2.29. The Morgan fingerprint density at radius 3 is 2.53 bits per heavy atom. The molecule has 1 unspecified atom stereocenters. The highest BCUT2D eigenvalue weighted by Gasteiger charge is 2.30. The third-order valence-electron chi connectivity index (χ3n) is 2.88. The summed E-state index contributed by atoms with van der Waals surface area (Å²) in [5.74, 6) is -1.20. The van der Waals surface area contributed by atoms with Gasteiger partial charge in [0.2, 0.25) is 0 Å². The van der Waals surface area contributed by atoms with Crippen molar-refractivity contribution in [2.24, 2.45) is 0 Å². The summed E-state index contributed by atoms with van der Waals surface area (Å²) in [6.45, 7) is 1.32. The highest BCUT2D eigenvalue weighted by Crippen LogP contribution is 2.22. The number of hydrogen-bond acceptors (Lipinski definition) is 2. The number of carboxylic acid groups (broad SMARTS) is 1. The quantitative estimate of drug-likeness (QED) is 0.850. The van der Waals surface area contributed by atoms with Crippen LogP contribution in [0.4, 0.5) is 0 Å². The van der Waals surface area contributed by atoms with E-state index in [-0.39, 0.29) is 6.42 Å². The molecule has 3 nitrogen and oxygen atoms in total. The maximum absolute atomic E-state index is 10.9. The van der Waals surface area contributed by atoms with Crippen molar-refractivity contribution in [1.29, 1.82) is 0 Å². The van der Waals surface area contributed by atoms with Crippen molar-refractivity contribution in [3.63, 3.8) is 0 Å². The molecule has 0 spiro atoms. The van der Waals surface area contributed by atoms with Gasteiger partial charge in [-0.3, -0.25) is 0 Å². The van der Waals surface area contributed by atoms with Crippen LogP contribution in [0.15, 0.2) is 42.5 Å². The summed E-state index contributed by atoms with van der Waals surface area (Å²) in [4.78, 5) is 10.9. The zero-order valence-electron chi connectivity index (χ0n) is 9.55. The molecule has 2 rings (SSSR count). The second-order valence-electron chi connectivity index (χ2n) is 4.39. The van der Waals surface area contributed by atoms with Gasteiger partial charge in [0, 0.05) is 6.42 Å². The molecule has 0 heterocycles. The Kier molecular flexibility index (Phi) is 2.86. The Morgan fingerprint density at radius 1 is 1.18 bits per heavy atom. The Morgan fingerprint density at radius 2 is 1.82 bits per heavy atom. The minimum absolute atomic E-state index is 0.101. The molecule has 0 fully saturated rings. The van der Waals surface area contributed by atoms with Crippen LogP contribution in [0.5, 0.6) is 0 Å². The van der Waals surface area contributed by atoms with Gasteiger partial charge in [-0.2, -0.15) is 0 Å². The van der Waals surface area contributed by atoms with Crippen LogP contribution in [0.25, 0.3) is 10.8 Å². The summed E-state index contributed by atoms with van der Waals surface area (Å²) in [5, 5.41) is 20.8. The fourth-order valence-corrected chi connectivity index (χ4v) is 1.89. The highest BCUT2D eigenvalue weighted by molar-refractivity contribution is 5.87. The van der Waals surface area contributed by atoms with Crippen molar-refractivity contribution in [2.45, 2.75) is 18.9 Å². The van der Waals surface area contributed by atoms with E-state index in [1.807, 2.05) is 42.5 Å². The molecular weight excluding hydrogens is 216 g/mol. The second kappa shape index (κ2) is 4.18. The summed E-state index contributed by atoms with van der Waals surface area (Å²) in [6, 6.07) is 13.4. The van der Waals surface area contributed by atoms with E-state index in [2.05, 4.69) is 0 Å². The molecule has 2 aromatic carbocycles. The lowest BCUT2D eigenvalue weighted by molar-refractivity contribution is -0.156. The zero-order chi connectivity index (χ0) is 12.5. The number of fused-ring (bicyclic) bond motifs is 1. The third-order valence-corrected chi connectivity index (χ3v) is 2.88. The number of aliphatic carboxylic acids is 1. The minimum Gasteiger partial charge on any atom is -0.479 e. The van der Waals surface area contributed by atoms with Gasteiger partial charge in [-0.25, -0.2) is 4.79 Å². The molecule has 2 aromatic rings. The lowest BCUT2D eigenvalue weighted by Gasteiger charge is -2.18. The average molecular weight is 230 g/mol. The Bertz CT molecular complexity index is 553. The third kappa shape index (κ3) is 2.29. The topological polar surface area (TPSA) is 57.5 Å². The van der Waals surface area contributed by atoms with Gasteiger partial charge >= 0.3 is 5.97 Å². The monoisotopic (exact) mass is 230 g/mol. The zero-order valence-corrected chi connectivity index (χ0v) is 9.55. The van der Waals surface area contributed by atoms with E-state index >= 15 is 0 Å². The Balaban J connectivity index is 2.46. The van der Waals surface area contributed by atoms with Crippen molar-refractivity contribution in [2.75, 3.05) is 0 Å². The van der Waals surface area contributed by atoms with Crippen LogP contribution in [0.1, 0.15) is 12.5 Å². The summed E-state index contributed by atoms with van der Waals surface area (Å²) >= 11 is 0. The van der Waals surface area contributed by atoms with Crippen LogP contribution in [-0.2, 0) is 11.2 Å². The van der Waals surface area contributed by atoms with Crippen LogP contribution in [-0.4, -0.2) is 21.8 Å². The summed E-state index contributed by atoms with van der Waals surface area (Å²) < 4.78 is 0. The number of benzene rings is 2. The second-order valence-corrected chi connectivity index (χ2v) is 4.39. The van der Waals surface area contributed by atoms with Crippen LogP contribution >= 0.6 is 0 Å². The standard InChI is InChI=1S/C14H14O3/c1-14(17,13(15)16)9-11-7-4-6-10-5-2-3-8-12(10)11/h2-8,17H,9H2,1H3,(H,15,16). The molecule has 0 aliphatic rings. The first kappa shape index (κ1) is 11.6. The predicted molar refractivity (Wildman–Crippen MR) is 65.9 cm³/mol. The SMILES string of the molecule is CC(O)(Cc1cccc2ccccc12)C(=O)O. The van der Waals surface area contributed by atoms with Gasteiger partial charge in [0.25, 0.3) is 0 Å². The number of aliphatic hydroxyl groups is 1. The first-order valence-electron chi connectivity index (χ1n) is 5.43. The number of hydrogen-bond donors (Lipinski definition) is 2. The molecule has 0 saturated carbocycles. The minimum atomic E-state index is -1.73. The first-order valence-corrected chi connectivity index (χ1v) is 5.43. The van der Waals surface area contributed by atoms with Gasteiger partial charge in [0.1, 0.15) is 0 Å². The number of carboxylic acids is 1. The van der Waals surface area contributed by atoms with Crippen LogP contribution in [0, 0.1) is 0 Å². The summed E-state index contributed by atoms with van der Waals surface area (Å²) in [5.41, 5.74) is -0.889. The van der Waals surface area contributed by atoms with Gasteiger partial charge in [-0.15, -0.1) is 0 Å². The molecule has 0 bridgehead atoms. The molecule has 0 aliphatic carbocycles. The molecule has 1 atom stereocenters. The van der Waals surface area contributed by atoms with Crippen molar-refractivity contribution in [1.82, 2.24) is 0 Å². The van der Waals surface area contributed by atoms with E-state index in [4.69, 9.17) is 5.11 Å². The number of rotatable bonds is 3. The maximum atomic E-state index is 10.9. The molecular formula is C14H14O3. The molecule has 0 amide bonds. The van der Waals surface area contributed by atoms with E-state index < -0.39 is 11.6 Å². The van der Waals surface area contributed by atoms with Crippen LogP contribution < -0.4 is 0 Å². The molecule has 88 valence electrons. The van der Waals surface area contributed by atoms with Gasteiger partial charge < -0.3 is 10.2 Å². The normalized spacial score (nSPS) is 14.5. The fraction of sp³-hybridized carbons (Fsp3) is 0.214. The summed E-state index contributed by atoms with van der Waals surface area (Å²) in [7, 11) is 0. The van der Waals surface area contributed by atoms with E-state index in [1.54, 1.807) is 0 Å². The smallest absolute Gasteiger partial charge is 0.335 e. The van der Waals surface area contributed by atoms with E-state index in [0.29, 0.717) is 0 Å². The summed E-state index contributed by atoms with van der Waals surface area (Å²) in [6.07, 6.45) is 0.101. The van der Waals surface area contributed by atoms with Gasteiger partial charge in [-0.05, 0) is 23.3 Å². The molecule has 0 radical (unpaired) electrons. The fourth-order valence-electron chi connectivity index (χ4n) is 1.89. The first-order chi connectivity index (χ1) is 8.00. The Labute approximate surface area is 99.3 Å². The molecule has 0 aliphatic heterocycles. The van der Waals surface area contributed by atoms with Crippen LogP contribution in [0.3, 0.4) is 0 Å². The lowest BCUT2D eigenvalue weighted by Crippen LogP contribution is -2.37.